The molecule has 1 fully saturated rings. The first-order valence-corrected chi connectivity index (χ1v) is 8.80. The first-order valence-electron chi connectivity index (χ1n) is 7.99. The monoisotopic (exact) mass is 375 g/mol. The number of hydrogen-bond donors (Lipinski definition) is 1. The quantitative estimate of drug-likeness (QED) is 0.756. The largest absolute Gasteiger partial charge is 0.497 e. The first-order chi connectivity index (χ1) is 12.5. The molecule has 0 unspecified atom stereocenters. The molecule has 0 aliphatic carbocycles. The minimum atomic E-state index is -0.983. The molecule has 0 radical (unpaired) electrons. The predicted octanol–water partition coefficient (Wildman–Crippen LogP) is 3.66. The van der Waals surface area contributed by atoms with E-state index in [1.54, 1.807) is 18.4 Å². The molecule has 5 nitrogen and oxygen atoms in total. The summed E-state index contributed by atoms with van der Waals surface area (Å²) in [5, 5.41) is 3.47. The number of hydrogen-bond acceptors (Lipinski definition) is 5. The van der Waals surface area contributed by atoms with Gasteiger partial charge in [0.1, 0.15) is 5.75 Å². The number of benzene rings is 2. The van der Waals surface area contributed by atoms with E-state index >= 15 is 0 Å². The number of nitrogens with zero attached hydrogens (tertiary/aromatic N) is 2. The Morgan fingerprint density at radius 1 is 1.23 bits per heavy atom. The summed E-state index contributed by atoms with van der Waals surface area (Å²) in [5.74, 6) is -1.58. The van der Waals surface area contributed by atoms with Crippen LogP contribution in [0, 0.1) is 17.6 Å². The van der Waals surface area contributed by atoms with Gasteiger partial charge in [-0.2, -0.15) is 0 Å². The molecule has 0 saturated carbocycles. The normalized spacial score (nSPS) is 14.3. The van der Waals surface area contributed by atoms with Gasteiger partial charge in [-0.3, -0.25) is 4.79 Å². The van der Waals surface area contributed by atoms with Crippen LogP contribution in [0.1, 0.15) is 0 Å². The number of rotatable bonds is 4. The summed E-state index contributed by atoms with van der Waals surface area (Å²) in [4.78, 5) is 18.8. The Morgan fingerprint density at radius 3 is 2.77 bits per heavy atom. The second kappa shape index (κ2) is 6.53. The van der Waals surface area contributed by atoms with Crippen molar-refractivity contribution in [2.75, 3.05) is 30.4 Å². The van der Waals surface area contributed by atoms with Gasteiger partial charge in [0.05, 0.1) is 23.2 Å². The van der Waals surface area contributed by atoms with Crippen molar-refractivity contribution in [1.82, 2.24) is 4.98 Å². The van der Waals surface area contributed by atoms with E-state index in [-0.39, 0.29) is 17.5 Å². The maximum absolute atomic E-state index is 13.2. The van der Waals surface area contributed by atoms with Crippen molar-refractivity contribution < 1.29 is 18.3 Å². The zero-order chi connectivity index (χ0) is 18.3. The molecule has 1 aliphatic heterocycles. The molecule has 1 saturated heterocycles. The molecule has 26 heavy (non-hydrogen) atoms. The van der Waals surface area contributed by atoms with Gasteiger partial charge in [0.2, 0.25) is 5.91 Å². The number of methoxy groups -OCH3 is 1. The van der Waals surface area contributed by atoms with E-state index in [9.17, 15) is 13.6 Å². The van der Waals surface area contributed by atoms with Gasteiger partial charge in [-0.1, -0.05) is 11.3 Å². The van der Waals surface area contributed by atoms with Gasteiger partial charge >= 0.3 is 0 Å². The molecule has 4 rings (SSSR count). The van der Waals surface area contributed by atoms with Gasteiger partial charge in [0, 0.05) is 24.8 Å². The summed E-state index contributed by atoms with van der Waals surface area (Å²) in [6, 6.07) is 9.01. The summed E-state index contributed by atoms with van der Waals surface area (Å²) < 4.78 is 32.4. The Bertz CT molecular complexity index is 986. The minimum Gasteiger partial charge on any atom is -0.497 e. The number of carbonyl (C=O) groups is 1. The first kappa shape index (κ1) is 16.7. The van der Waals surface area contributed by atoms with Crippen LogP contribution < -0.4 is 15.0 Å². The number of nitrogens with one attached hydrogen (secondary N) is 1. The van der Waals surface area contributed by atoms with E-state index in [0.717, 1.165) is 33.2 Å². The maximum atomic E-state index is 13.2. The average Bonchev–Trinajstić information content (AvgIpc) is 2.99. The summed E-state index contributed by atoms with van der Waals surface area (Å²) in [6.07, 6.45) is 0. The average molecular weight is 375 g/mol. The standard InChI is InChI=1S/C18H15F2N3O2S/c1-25-12-3-5-15-16(7-12)26-18(22-15)23-8-10(9-23)17(24)21-11-2-4-13(19)14(20)6-11/h2-7,10H,8-9H2,1H3,(H,21,24). The minimum absolute atomic E-state index is 0.213. The third-order valence-electron chi connectivity index (χ3n) is 4.29. The molecule has 1 N–H and O–H groups in total. The Labute approximate surface area is 152 Å². The molecule has 0 spiro atoms. The van der Waals surface area contributed by atoms with Gasteiger partial charge in [-0.05, 0) is 30.3 Å². The number of amides is 1. The Kier molecular flexibility index (Phi) is 4.20. The van der Waals surface area contributed by atoms with Gasteiger partial charge in [0.25, 0.3) is 0 Å². The summed E-state index contributed by atoms with van der Waals surface area (Å²) >= 11 is 1.54. The SMILES string of the molecule is COc1ccc2nc(N3CC(C(=O)Nc4ccc(F)c(F)c4)C3)sc2c1. The van der Waals surface area contributed by atoms with Crippen molar-refractivity contribution in [2.24, 2.45) is 5.92 Å². The van der Waals surface area contributed by atoms with Crippen molar-refractivity contribution >= 4 is 38.3 Å². The molecule has 2 heterocycles. The van der Waals surface area contributed by atoms with Gasteiger partial charge in [-0.15, -0.1) is 0 Å². The van der Waals surface area contributed by atoms with Crippen LogP contribution in [-0.2, 0) is 4.79 Å². The fourth-order valence-electron chi connectivity index (χ4n) is 2.77. The number of ether oxygens (including phenoxy) is 1. The van der Waals surface area contributed by atoms with Crippen LogP contribution in [0.3, 0.4) is 0 Å². The second-order valence-electron chi connectivity index (χ2n) is 6.05. The second-order valence-corrected chi connectivity index (χ2v) is 7.06. The fraction of sp³-hybridized carbons (Fsp3) is 0.222. The smallest absolute Gasteiger partial charge is 0.231 e. The van der Waals surface area contributed by atoms with Crippen LogP contribution in [0.2, 0.25) is 0 Å². The van der Waals surface area contributed by atoms with Gasteiger partial charge < -0.3 is 15.0 Å². The molecule has 3 aromatic rings. The lowest BCUT2D eigenvalue weighted by molar-refractivity contribution is -0.120. The number of thiazole rings is 1. The van der Waals surface area contributed by atoms with Crippen molar-refractivity contribution in [1.29, 1.82) is 0 Å². The Hall–Kier alpha value is -2.74. The van der Waals surface area contributed by atoms with Crippen molar-refractivity contribution in [3.63, 3.8) is 0 Å². The highest BCUT2D eigenvalue weighted by Gasteiger charge is 2.34. The molecule has 8 heteroatoms. The summed E-state index contributed by atoms with van der Waals surface area (Å²) in [7, 11) is 1.62. The van der Waals surface area contributed by atoms with E-state index in [0.29, 0.717) is 13.1 Å². The number of fused-ring (bicyclic) bond motifs is 1. The van der Waals surface area contributed by atoms with Crippen LogP contribution in [0.4, 0.5) is 19.6 Å². The fourth-order valence-corrected chi connectivity index (χ4v) is 3.79. The predicted molar refractivity (Wildman–Crippen MR) is 96.9 cm³/mol. The lowest BCUT2D eigenvalue weighted by Gasteiger charge is -2.37. The highest BCUT2D eigenvalue weighted by Crippen LogP contribution is 2.34. The van der Waals surface area contributed by atoms with E-state index < -0.39 is 11.6 Å². The lowest BCUT2D eigenvalue weighted by atomic mass is 10.00. The number of halogens is 2. The van der Waals surface area contributed by atoms with E-state index in [1.807, 2.05) is 23.1 Å². The molecule has 2 aromatic carbocycles. The van der Waals surface area contributed by atoms with E-state index in [1.165, 1.54) is 6.07 Å². The zero-order valence-electron chi connectivity index (χ0n) is 13.8. The van der Waals surface area contributed by atoms with Crippen molar-refractivity contribution in [3.05, 3.63) is 48.0 Å². The van der Waals surface area contributed by atoms with Gasteiger partial charge in [0.15, 0.2) is 16.8 Å². The van der Waals surface area contributed by atoms with E-state index in [4.69, 9.17) is 4.74 Å². The van der Waals surface area contributed by atoms with Crippen LogP contribution >= 0.6 is 11.3 Å². The summed E-state index contributed by atoms with van der Waals surface area (Å²) in [5.41, 5.74) is 1.14. The molecule has 0 atom stereocenters. The maximum Gasteiger partial charge on any atom is 0.231 e. The highest BCUT2D eigenvalue weighted by atomic mass is 32.1. The molecular weight excluding hydrogens is 360 g/mol. The lowest BCUT2D eigenvalue weighted by Crippen LogP contribution is -2.52. The number of carbonyl (C=O) groups excluding carboxylic acids is 1. The van der Waals surface area contributed by atoms with Crippen molar-refractivity contribution in [3.8, 4) is 5.75 Å². The Balaban J connectivity index is 1.40. The summed E-state index contributed by atoms with van der Waals surface area (Å²) in [6.45, 7) is 1.07. The third-order valence-corrected chi connectivity index (χ3v) is 5.37. The molecule has 134 valence electrons. The molecule has 0 bridgehead atoms. The van der Waals surface area contributed by atoms with Crippen LogP contribution in [0.15, 0.2) is 36.4 Å². The van der Waals surface area contributed by atoms with E-state index in [2.05, 4.69) is 10.3 Å². The number of anilines is 2. The molecular formula is C18H15F2N3O2S. The third kappa shape index (κ3) is 3.08. The van der Waals surface area contributed by atoms with Crippen LogP contribution in [-0.4, -0.2) is 31.1 Å². The highest BCUT2D eigenvalue weighted by molar-refractivity contribution is 7.22. The van der Waals surface area contributed by atoms with Crippen molar-refractivity contribution in [2.45, 2.75) is 0 Å². The molecule has 1 aromatic heterocycles. The van der Waals surface area contributed by atoms with Crippen LogP contribution in [0.25, 0.3) is 10.2 Å². The van der Waals surface area contributed by atoms with Gasteiger partial charge in [-0.25, -0.2) is 13.8 Å². The number of aromatic nitrogens is 1. The van der Waals surface area contributed by atoms with Crippen LogP contribution in [0.5, 0.6) is 5.75 Å². The topological polar surface area (TPSA) is 54.5 Å². The molecule has 1 aliphatic rings. The zero-order valence-corrected chi connectivity index (χ0v) is 14.6. The Morgan fingerprint density at radius 2 is 2.04 bits per heavy atom. The molecule has 1 amide bonds.